The molecule has 0 bridgehead atoms. The summed E-state index contributed by atoms with van der Waals surface area (Å²) in [6, 6.07) is 15.4. The van der Waals surface area contributed by atoms with E-state index in [1.807, 2.05) is 62.6 Å². The number of carbonyl (C=O) groups is 1. The molecule has 6 heteroatoms. The van der Waals surface area contributed by atoms with Gasteiger partial charge in [0.1, 0.15) is 5.75 Å². The molecule has 0 radical (unpaired) electrons. The first kappa shape index (κ1) is 18.1. The van der Waals surface area contributed by atoms with Crippen LogP contribution in [0, 0.1) is 0 Å². The van der Waals surface area contributed by atoms with E-state index in [2.05, 4.69) is 10.2 Å². The molecular formula is C20H24N2O4. The third-order valence-electron chi connectivity index (χ3n) is 4.24. The number of carbonyl (C=O) groups excluding carboxylic acids is 1. The predicted octanol–water partition coefficient (Wildman–Crippen LogP) is 2.60. The fourth-order valence-electron chi connectivity index (χ4n) is 2.80. The Labute approximate surface area is 153 Å². The van der Waals surface area contributed by atoms with Gasteiger partial charge in [-0.3, -0.25) is 4.79 Å². The molecule has 0 saturated carbocycles. The van der Waals surface area contributed by atoms with Crippen LogP contribution in [0.15, 0.2) is 48.5 Å². The minimum atomic E-state index is -0.0338. The van der Waals surface area contributed by atoms with E-state index < -0.39 is 0 Å². The van der Waals surface area contributed by atoms with Gasteiger partial charge in [0.2, 0.25) is 12.7 Å². The Bertz CT molecular complexity index is 734. The van der Waals surface area contributed by atoms with Gasteiger partial charge in [0, 0.05) is 6.54 Å². The monoisotopic (exact) mass is 356 g/mol. The summed E-state index contributed by atoms with van der Waals surface area (Å²) in [4.78, 5) is 14.2. The summed E-state index contributed by atoms with van der Waals surface area (Å²) >= 11 is 0. The third kappa shape index (κ3) is 4.67. The molecule has 138 valence electrons. The highest BCUT2D eigenvalue weighted by Gasteiger charge is 2.20. The summed E-state index contributed by atoms with van der Waals surface area (Å²) in [6.07, 6.45) is 0.316. The van der Waals surface area contributed by atoms with E-state index in [0.29, 0.717) is 19.6 Å². The zero-order valence-electron chi connectivity index (χ0n) is 15.1. The molecule has 1 N–H and O–H groups in total. The zero-order valence-corrected chi connectivity index (χ0v) is 15.1. The quantitative estimate of drug-likeness (QED) is 0.788. The van der Waals surface area contributed by atoms with E-state index in [1.165, 1.54) is 0 Å². The summed E-state index contributed by atoms with van der Waals surface area (Å²) in [5.74, 6) is 2.24. The number of benzene rings is 2. The van der Waals surface area contributed by atoms with Crippen LogP contribution in [0.3, 0.4) is 0 Å². The van der Waals surface area contributed by atoms with E-state index in [4.69, 9.17) is 14.2 Å². The highest BCUT2D eigenvalue weighted by molar-refractivity contribution is 5.76. The first-order valence-electron chi connectivity index (χ1n) is 8.64. The first-order valence-corrected chi connectivity index (χ1v) is 8.64. The fourth-order valence-corrected chi connectivity index (χ4v) is 2.80. The standard InChI is InChI=1S/C20H24N2O4/c1-22(2)17(15-8-9-18-19(12-15)26-14-25-18)13-21-20(23)10-11-24-16-6-4-3-5-7-16/h3-9,12,17H,10-11,13-14H2,1-2H3,(H,21,23). The highest BCUT2D eigenvalue weighted by Crippen LogP contribution is 2.34. The average molecular weight is 356 g/mol. The number of hydrogen-bond acceptors (Lipinski definition) is 5. The van der Waals surface area contributed by atoms with Crippen LogP contribution >= 0.6 is 0 Å². The number of para-hydroxylation sites is 1. The molecule has 0 spiro atoms. The third-order valence-corrected chi connectivity index (χ3v) is 4.24. The van der Waals surface area contributed by atoms with Crippen LogP contribution in [0.1, 0.15) is 18.0 Å². The zero-order chi connectivity index (χ0) is 18.4. The maximum Gasteiger partial charge on any atom is 0.231 e. The fraction of sp³-hybridized carbons (Fsp3) is 0.350. The topological polar surface area (TPSA) is 60.0 Å². The molecule has 0 fully saturated rings. The molecule has 3 rings (SSSR count). The van der Waals surface area contributed by atoms with Crippen LogP contribution in [-0.2, 0) is 4.79 Å². The highest BCUT2D eigenvalue weighted by atomic mass is 16.7. The Balaban J connectivity index is 1.50. The number of rotatable bonds is 8. The van der Waals surface area contributed by atoms with Crippen LogP contribution in [0.4, 0.5) is 0 Å². The average Bonchev–Trinajstić information content (AvgIpc) is 3.10. The maximum atomic E-state index is 12.1. The van der Waals surface area contributed by atoms with Crippen molar-refractivity contribution in [2.24, 2.45) is 0 Å². The van der Waals surface area contributed by atoms with Crippen molar-refractivity contribution in [2.45, 2.75) is 12.5 Å². The van der Waals surface area contributed by atoms with Gasteiger partial charge in [-0.05, 0) is 43.9 Å². The van der Waals surface area contributed by atoms with Gasteiger partial charge in [0.25, 0.3) is 0 Å². The van der Waals surface area contributed by atoms with Crippen LogP contribution in [0.2, 0.25) is 0 Å². The molecule has 0 aromatic heterocycles. The number of nitrogens with zero attached hydrogens (tertiary/aromatic N) is 1. The van der Waals surface area contributed by atoms with Gasteiger partial charge in [-0.1, -0.05) is 24.3 Å². The summed E-state index contributed by atoms with van der Waals surface area (Å²) in [5.41, 5.74) is 1.07. The van der Waals surface area contributed by atoms with Gasteiger partial charge in [-0.2, -0.15) is 0 Å². The second-order valence-electron chi connectivity index (χ2n) is 6.31. The summed E-state index contributed by atoms with van der Waals surface area (Å²) in [7, 11) is 3.97. The lowest BCUT2D eigenvalue weighted by Crippen LogP contribution is -2.35. The summed E-state index contributed by atoms with van der Waals surface area (Å²) < 4.78 is 16.4. The van der Waals surface area contributed by atoms with Gasteiger partial charge < -0.3 is 24.4 Å². The van der Waals surface area contributed by atoms with Gasteiger partial charge in [-0.25, -0.2) is 0 Å². The Morgan fingerprint density at radius 3 is 2.69 bits per heavy atom. The van der Waals surface area contributed by atoms with Crippen molar-refractivity contribution in [1.82, 2.24) is 10.2 Å². The molecule has 1 atom stereocenters. The minimum absolute atomic E-state index is 0.0338. The van der Waals surface area contributed by atoms with Crippen molar-refractivity contribution >= 4 is 5.91 Å². The Morgan fingerprint density at radius 2 is 1.92 bits per heavy atom. The molecule has 1 amide bonds. The van der Waals surface area contributed by atoms with Crippen molar-refractivity contribution in [1.29, 1.82) is 0 Å². The smallest absolute Gasteiger partial charge is 0.231 e. The Hall–Kier alpha value is -2.73. The van der Waals surface area contributed by atoms with E-state index in [9.17, 15) is 4.79 Å². The molecule has 0 aliphatic carbocycles. The molecular weight excluding hydrogens is 332 g/mol. The lowest BCUT2D eigenvalue weighted by Gasteiger charge is -2.25. The molecule has 1 aliphatic rings. The number of nitrogens with one attached hydrogen (secondary N) is 1. The SMILES string of the molecule is CN(C)C(CNC(=O)CCOc1ccccc1)c1ccc2c(c1)OCO2. The predicted molar refractivity (Wildman–Crippen MR) is 98.6 cm³/mol. The number of ether oxygens (including phenoxy) is 3. The molecule has 2 aromatic carbocycles. The Kier molecular flexibility index (Phi) is 5.96. The molecule has 1 aliphatic heterocycles. The van der Waals surface area contributed by atoms with Gasteiger partial charge in [0.15, 0.2) is 11.5 Å². The molecule has 1 heterocycles. The summed E-state index contributed by atoms with van der Waals surface area (Å²) in [6.45, 7) is 1.12. The molecule has 6 nitrogen and oxygen atoms in total. The molecule has 2 aromatic rings. The van der Waals surface area contributed by atoms with Gasteiger partial charge in [0.05, 0.1) is 19.1 Å². The largest absolute Gasteiger partial charge is 0.493 e. The van der Waals surface area contributed by atoms with E-state index in [-0.39, 0.29) is 18.7 Å². The van der Waals surface area contributed by atoms with E-state index >= 15 is 0 Å². The first-order chi connectivity index (χ1) is 12.6. The number of hydrogen-bond donors (Lipinski definition) is 1. The van der Waals surface area contributed by atoms with Gasteiger partial charge in [-0.15, -0.1) is 0 Å². The van der Waals surface area contributed by atoms with Crippen molar-refractivity contribution in [2.75, 3.05) is 34.0 Å². The normalized spacial score (nSPS) is 13.5. The van der Waals surface area contributed by atoms with Crippen LogP contribution in [0.25, 0.3) is 0 Å². The Morgan fingerprint density at radius 1 is 1.15 bits per heavy atom. The second-order valence-corrected chi connectivity index (χ2v) is 6.31. The van der Waals surface area contributed by atoms with Crippen LogP contribution < -0.4 is 19.5 Å². The van der Waals surface area contributed by atoms with Gasteiger partial charge >= 0.3 is 0 Å². The van der Waals surface area contributed by atoms with Crippen LogP contribution in [0.5, 0.6) is 17.2 Å². The number of likely N-dealkylation sites (N-methyl/N-ethyl adjacent to an activating group) is 1. The van der Waals surface area contributed by atoms with E-state index in [0.717, 1.165) is 22.8 Å². The maximum absolute atomic E-state index is 12.1. The summed E-state index contributed by atoms with van der Waals surface area (Å²) in [5, 5.41) is 2.98. The van der Waals surface area contributed by atoms with Crippen molar-refractivity contribution < 1.29 is 19.0 Å². The second kappa shape index (κ2) is 8.58. The minimum Gasteiger partial charge on any atom is -0.493 e. The number of fused-ring (bicyclic) bond motifs is 1. The lowest BCUT2D eigenvalue weighted by molar-refractivity contribution is -0.121. The van der Waals surface area contributed by atoms with E-state index in [1.54, 1.807) is 0 Å². The van der Waals surface area contributed by atoms with Crippen molar-refractivity contribution in [3.05, 3.63) is 54.1 Å². The lowest BCUT2D eigenvalue weighted by atomic mass is 10.1. The van der Waals surface area contributed by atoms with Crippen molar-refractivity contribution in [3.8, 4) is 17.2 Å². The van der Waals surface area contributed by atoms with Crippen LogP contribution in [-0.4, -0.2) is 44.8 Å². The number of amides is 1. The molecule has 26 heavy (non-hydrogen) atoms. The molecule has 0 saturated heterocycles. The van der Waals surface area contributed by atoms with Crippen molar-refractivity contribution in [3.63, 3.8) is 0 Å². The molecule has 1 unspecified atom stereocenters.